The van der Waals surface area contributed by atoms with Gasteiger partial charge in [0.2, 0.25) is 0 Å². The van der Waals surface area contributed by atoms with Gasteiger partial charge in [-0.05, 0) is 51.3 Å². The molecule has 0 saturated carbocycles. The summed E-state index contributed by atoms with van der Waals surface area (Å²) in [6, 6.07) is 13.5. The van der Waals surface area contributed by atoms with E-state index in [9.17, 15) is 24.0 Å². The average molecular weight is 553 g/mol. The molecule has 214 valence electrons. The number of hydrogen-bond acceptors (Lipinski definition) is 7. The number of amides is 5. The van der Waals surface area contributed by atoms with Gasteiger partial charge >= 0.3 is 18.1 Å². The Hall–Kier alpha value is -4.41. The molecule has 2 N–H and O–H groups in total. The van der Waals surface area contributed by atoms with Gasteiger partial charge in [-0.25, -0.2) is 19.4 Å². The highest BCUT2D eigenvalue weighted by Crippen LogP contribution is 2.25. The summed E-state index contributed by atoms with van der Waals surface area (Å²) in [5.74, 6) is -1.90. The predicted octanol–water partition coefficient (Wildman–Crippen LogP) is 4.04. The van der Waals surface area contributed by atoms with E-state index in [0.717, 1.165) is 10.0 Å². The maximum absolute atomic E-state index is 13.5. The first kappa shape index (κ1) is 30.1. The lowest BCUT2D eigenvalue weighted by molar-refractivity contribution is -0.143. The van der Waals surface area contributed by atoms with E-state index >= 15 is 0 Å². The molecule has 0 fully saturated rings. The summed E-state index contributed by atoms with van der Waals surface area (Å²) in [4.78, 5) is 64.2. The van der Waals surface area contributed by atoms with Crippen LogP contribution in [0.1, 0.15) is 72.7 Å². The minimum absolute atomic E-state index is 0.0810. The van der Waals surface area contributed by atoms with Crippen molar-refractivity contribution in [2.75, 3.05) is 13.7 Å². The van der Waals surface area contributed by atoms with E-state index in [1.165, 1.54) is 19.2 Å². The molecule has 1 aliphatic heterocycles. The number of rotatable bonds is 11. The number of urea groups is 1. The molecule has 0 aromatic heterocycles. The Labute approximate surface area is 233 Å². The van der Waals surface area contributed by atoms with Crippen molar-refractivity contribution in [3.63, 3.8) is 0 Å². The van der Waals surface area contributed by atoms with Crippen LogP contribution in [0.25, 0.3) is 0 Å². The van der Waals surface area contributed by atoms with Gasteiger partial charge < -0.3 is 20.1 Å². The zero-order valence-corrected chi connectivity index (χ0v) is 23.3. The highest BCUT2D eigenvalue weighted by atomic mass is 16.6. The third kappa shape index (κ3) is 8.05. The highest BCUT2D eigenvalue weighted by Gasteiger charge is 2.42. The smallest absolute Gasteiger partial charge is 0.407 e. The van der Waals surface area contributed by atoms with Crippen molar-refractivity contribution in [3.8, 4) is 0 Å². The fraction of sp³-hybridized carbons (Fsp3) is 0.414. The van der Waals surface area contributed by atoms with Crippen molar-refractivity contribution >= 4 is 29.9 Å². The van der Waals surface area contributed by atoms with Crippen LogP contribution in [0.5, 0.6) is 0 Å². The number of carbonyl (C=O) groups is 5. The molecule has 2 aromatic rings. The van der Waals surface area contributed by atoms with Crippen LogP contribution in [-0.4, -0.2) is 65.2 Å². The maximum Gasteiger partial charge on any atom is 0.407 e. The molecule has 2 aromatic carbocycles. The Bertz CT molecular complexity index is 1190. The van der Waals surface area contributed by atoms with Crippen molar-refractivity contribution < 1.29 is 33.4 Å². The second kappa shape index (κ2) is 13.6. The lowest BCUT2D eigenvalue weighted by Gasteiger charge is -2.31. The molecule has 1 atom stereocenters. The zero-order valence-electron chi connectivity index (χ0n) is 23.3. The Morgan fingerprint density at radius 2 is 1.50 bits per heavy atom. The molecule has 0 radical (unpaired) electrons. The summed E-state index contributed by atoms with van der Waals surface area (Å²) in [6.45, 7) is 5.66. The molecule has 0 spiro atoms. The first-order chi connectivity index (χ1) is 19.0. The highest BCUT2D eigenvalue weighted by molar-refractivity contribution is 6.21. The molecule has 5 amide bonds. The van der Waals surface area contributed by atoms with E-state index in [0.29, 0.717) is 31.4 Å². The molecule has 0 saturated heterocycles. The first-order valence-corrected chi connectivity index (χ1v) is 13.2. The van der Waals surface area contributed by atoms with Crippen LogP contribution in [-0.2, 0) is 20.8 Å². The number of hydrazine groups is 1. The molecule has 1 aliphatic rings. The van der Waals surface area contributed by atoms with E-state index in [1.807, 2.05) is 6.07 Å². The van der Waals surface area contributed by atoms with E-state index < -0.39 is 41.6 Å². The largest absolute Gasteiger partial charge is 0.467 e. The van der Waals surface area contributed by atoms with Crippen molar-refractivity contribution in [2.24, 2.45) is 0 Å². The second-order valence-electron chi connectivity index (χ2n) is 10.3. The number of benzene rings is 2. The van der Waals surface area contributed by atoms with Gasteiger partial charge in [-0.2, -0.15) is 5.01 Å². The number of nitrogens with zero attached hydrogens (tertiary/aromatic N) is 2. The van der Waals surface area contributed by atoms with Gasteiger partial charge in [0, 0.05) is 6.54 Å². The third-order valence-electron chi connectivity index (χ3n) is 6.04. The normalized spacial score (nSPS) is 13.3. The van der Waals surface area contributed by atoms with Gasteiger partial charge in [0.25, 0.3) is 11.8 Å². The van der Waals surface area contributed by atoms with E-state index in [4.69, 9.17) is 9.47 Å². The van der Waals surface area contributed by atoms with Gasteiger partial charge in [-0.15, -0.1) is 0 Å². The topological polar surface area (TPSA) is 134 Å². The Morgan fingerprint density at radius 1 is 0.900 bits per heavy atom. The van der Waals surface area contributed by atoms with Crippen molar-refractivity contribution in [1.29, 1.82) is 0 Å². The molecule has 0 aliphatic carbocycles. The Balaban J connectivity index is 1.66. The van der Waals surface area contributed by atoms with Gasteiger partial charge in [0.15, 0.2) is 0 Å². The quantitative estimate of drug-likeness (QED) is 0.244. The zero-order chi connectivity index (χ0) is 29.3. The summed E-state index contributed by atoms with van der Waals surface area (Å²) < 4.78 is 10.1. The fourth-order valence-corrected chi connectivity index (χ4v) is 4.16. The molecule has 40 heavy (non-hydrogen) atoms. The fourth-order valence-electron chi connectivity index (χ4n) is 4.16. The number of methoxy groups -OCH3 is 1. The average Bonchev–Trinajstić information content (AvgIpc) is 3.17. The van der Waals surface area contributed by atoms with Gasteiger partial charge in [0.1, 0.15) is 11.6 Å². The minimum Gasteiger partial charge on any atom is -0.467 e. The predicted molar refractivity (Wildman–Crippen MR) is 146 cm³/mol. The van der Waals surface area contributed by atoms with E-state index in [-0.39, 0.29) is 24.1 Å². The summed E-state index contributed by atoms with van der Waals surface area (Å²) in [5, 5.41) is 7.15. The van der Waals surface area contributed by atoms with E-state index in [2.05, 4.69) is 10.6 Å². The Kier molecular flexibility index (Phi) is 10.2. The molecular weight excluding hydrogens is 516 g/mol. The third-order valence-corrected chi connectivity index (χ3v) is 6.04. The molecule has 3 rings (SSSR count). The van der Waals surface area contributed by atoms with Gasteiger partial charge in [-0.3, -0.25) is 9.59 Å². The maximum atomic E-state index is 13.5. The number of alkyl carbamates (subject to hydrolysis) is 1. The SMILES string of the molecule is COC(=O)[C@H](CCCCCNC(=O)OC(C)(C)C)NC(=O)N(Cc1ccccc1)N1C(=O)c2ccccc2C1=O. The number of carbonyl (C=O) groups excluding carboxylic acids is 5. The van der Waals surface area contributed by atoms with Crippen molar-refractivity contribution in [1.82, 2.24) is 20.7 Å². The van der Waals surface area contributed by atoms with E-state index in [1.54, 1.807) is 57.2 Å². The Morgan fingerprint density at radius 3 is 2.08 bits per heavy atom. The van der Waals surface area contributed by atoms with Crippen molar-refractivity contribution in [3.05, 3.63) is 71.3 Å². The second-order valence-corrected chi connectivity index (χ2v) is 10.3. The lowest BCUT2D eigenvalue weighted by atomic mass is 10.1. The summed E-state index contributed by atoms with van der Waals surface area (Å²) in [6.07, 6.45) is 1.59. The van der Waals surface area contributed by atoms with Crippen LogP contribution < -0.4 is 10.6 Å². The van der Waals surface area contributed by atoms with Gasteiger partial charge in [-0.1, -0.05) is 55.3 Å². The number of nitrogens with one attached hydrogen (secondary N) is 2. The van der Waals surface area contributed by atoms with Crippen LogP contribution in [0, 0.1) is 0 Å². The number of fused-ring (bicyclic) bond motifs is 1. The minimum atomic E-state index is -1.01. The van der Waals surface area contributed by atoms with Gasteiger partial charge in [0.05, 0.1) is 24.8 Å². The summed E-state index contributed by atoms with van der Waals surface area (Å²) >= 11 is 0. The molecule has 1 heterocycles. The molecular formula is C29H36N4O7. The van der Waals surface area contributed by atoms with Crippen LogP contribution in [0.2, 0.25) is 0 Å². The molecule has 11 nitrogen and oxygen atoms in total. The van der Waals surface area contributed by atoms with Crippen LogP contribution in [0.4, 0.5) is 9.59 Å². The van der Waals surface area contributed by atoms with Crippen LogP contribution in [0.15, 0.2) is 54.6 Å². The number of unbranched alkanes of at least 4 members (excludes halogenated alkanes) is 2. The molecule has 0 bridgehead atoms. The number of ether oxygens (including phenoxy) is 2. The monoisotopic (exact) mass is 552 g/mol. The lowest BCUT2D eigenvalue weighted by Crippen LogP contribution is -2.56. The van der Waals surface area contributed by atoms with Crippen molar-refractivity contribution in [2.45, 2.75) is 64.6 Å². The number of hydrogen-bond donors (Lipinski definition) is 2. The number of imide groups is 1. The summed E-state index contributed by atoms with van der Waals surface area (Å²) in [7, 11) is 1.22. The molecule has 0 unspecified atom stereocenters. The number of esters is 1. The van der Waals surface area contributed by atoms with Crippen LogP contribution in [0.3, 0.4) is 0 Å². The van der Waals surface area contributed by atoms with Crippen LogP contribution >= 0.6 is 0 Å². The standard InChI is InChI=1S/C29H36N4O7/c1-29(2,3)40-28(38)30-18-12-6-9-17-23(26(36)39-4)31-27(37)32(19-20-13-7-5-8-14-20)33-24(34)21-15-10-11-16-22(21)25(33)35/h5,7-8,10-11,13-16,23H,6,9,12,17-19H2,1-4H3,(H,30,38)(H,31,37)/t23-/m0/s1. The molecule has 11 heteroatoms. The summed E-state index contributed by atoms with van der Waals surface area (Å²) in [5.41, 5.74) is 0.490. The first-order valence-electron chi connectivity index (χ1n) is 13.2.